The molecule has 5 heteroatoms. The average molecular weight is 240 g/mol. The lowest BCUT2D eigenvalue weighted by molar-refractivity contribution is -0.141. The summed E-state index contributed by atoms with van der Waals surface area (Å²) in [6.45, 7) is 2.56. The van der Waals surface area contributed by atoms with Crippen LogP contribution in [0.4, 0.5) is 4.79 Å². The highest BCUT2D eigenvalue weighted by Crippen LogP contribution is 2.29. The van der Waals surface area contributed by atoms with Gasteiger partial charge in [-0.2, -0.15) is 0 Å². The van der Waals surface area contributed by atoms with Crippen LogP contribution in [0.15, 0.2) is 0 Å². The Kier molecular flexibility index (Phi) is 3.54. The number of carbonyl (C=O) groups is 2. The van der Waals surface area contributed by atoms with E-state index in [-0.39, 0.29) is 12.1 Å². The summed E-state index contributed by atoms with van der Waals surface area (Å²) in [5, 5.41) is 11.9. The highest BCUT2D eigenvalue weighted by molar-refractivity contribution is 5.83. The van der Waals surface area contributed by atoms with Gasteiger partial charge >= 0.3 is 12.0 Å². The molecule has 2 atom stereocenters. The summed E-state index contributed by atoms with van der Waals surface area (Å²) in [6, 6.07) is -0.691. The Labute approximate surface area is 101 Å². The Morgan fingerprint density at radius 2 is 2.00 bits per heavy atom. The van der Waals surface area contributed by atoms with Crippen LogP contribution in [0.1, 0.15) is 39.0 Å². The zero-order chi connectivity index (χ0) is 12.4. The van der Waals surface area contributed by atoms with Gasteiger partial charge in [0.2, 0.25) is 0 Å². The Balaban J connectivity index is 1.88. The number of carboxylic acid groups (broad SMARTS) is 1. The van der Waals surface area contributed by atoms with E-state index < -0.39 is 12.0 Å². The van der Waals surface area contributed by atoms with Gasteiger partial charge in [-0.05, 0) is 38.5 Å². The topological polar surface area (TPSA) is 69.6 Å². The van der Waals surface area contributed by atoms with E-state index in [1.165, 1.54) is 24.2 Å². The van der Waals surface area contributed by atoms with E-state index in [2.05, 4.69) is 5.32 Å². The van der Waals surface area contributed by atoms with Crippen molar-refractivity contribution >= 4 is 12.0 Å². The molecule has 0 bridgehead atoms. The van der Waals surface area contributed by atoms with Crippen LogP contribution >= 0.6 is 0 Å². The smallest absolute Gasteiger partial charge is 0.326 e. The van der Waals surface area contributed by atoms with E-state index in [1.807, 2.05) is 6.92 Å². The van der Waals surface area contributed by atoms with E-state index in [9.17, 15) is 9.59 Å². The predicted molar refractivity (Wildman–Crippen MR) is 62.7 cm³/mol. The van der Waals surface area contributed by atoms with Gasteiger partial charge in [0.1, 0.15) is 6.04 Å². The Hall–Kier alpha value is -1.26. The molecule has 1 heterocycles. The molecule has 1 aliphatic carbocycles. The van der Waals surface area contributed by atoms with Gasteiger partial charge < -0.3 is 15.3 Å². The molecule has 0 radical (unpaired) electrons. The highest BCUT2D eigenvalue weighted by Gasteiger charge is 2.35. The van der Waals surface area contributed by atoms with Crippen LogP contribution in [0.25, 0.3) is 0 Å². The molecule has 0 aromatic heterocycles. The van der Waals surface area contributed by atoms with Crippen molar-refractivity contribution in [2.75, 3.05) is 6.54 Å². The summed E-state index contributed by atoms with van der Waals surface area (Å²) < 4.78 is 0. The van der Waals surface area contributed by atoms with Crippen molar-refractivity contribution in [1.29, 1.82) is 0 Å². The predicted octanol–water partition coefficient (Wildman–Crippen LogP) is 1.43. The van der Waals surface area contributed by atoms with Crippen LogP contribution in [0, 0.1) is 5.92 Å². The van der Waals surface area contributed by atoms with Gasteiger partial charge in [-0.25, -0.2) is 9.59 Å². The number of hydrogen-bond acceptors (Lipinski definition) is 2. The standard InChI is InChI=1S/C12H20N2O3/c1-8(9-4-2-5-9)13-12(17)14-7-3-6-10(14)11(15)16/h8-10H,2-7H2,1H3,(H,13,17)(H,15,16). The van der Waals surface area contributed by atoms with Crippen molar-refractivity contribution in [3.63, 3.8) is 0 Å². The second kappa shape index (κ2) is 4.94. The Morgan fingerprint density at radius 1 is 1.29 bits per heavy atom. The number of likely N-dealkylation sites (tertiary alicyclic amines) is 1. The SMILES string of the molecule is CC(NC(=O)N1CCCC1C(=O)O)C1CCC1. The molecule has 1 saturated heterocycles. The molecule has 17 heavy (non-hydrogen) atoms. The molecule has 2 rings (SSSR count). The normalized spacial score (nSPS) is 26.4. The van der Waals surface area contributed by atoms with Crippen LogP contribution < -0.4 is 5.32 Å². The molecule has 1 saturated carbocycles. The largest absolute Gasteiger partial charge is 0.480 e. The molecule has 0 aromatic carbocycles. The molecule has 1 aliphatic heterocycles. The van der Waals surface area contributed by atoms with Crippen LogP contribution in [0.5, 0.6) is 0 Å². The van der Waals surface area contributed by atoms with Crippen molar-refractivity contribution < 1.29 is 14.7 Å². The molecule has 0 spiro atoms. The van der Waals surface area contributed by atoms with Gasteiger partial charge in [-0.1, -0.05) is 6.42 Å². The number of carboxylic acids is 1. The first kappa shape index (κ1) is 12.2. The Bertz CT molecular complexity index is 315. The van der Waals surface area contributed by atoms with E-state index in [0.717, 1.165) is 6.42 Å². The zero-order valence-corrected chi connectivity index (χ0v) is 10.2. The number of carbonyl (C=O) groups excluding carboxylic acids is 1. The van der Waals surface area contributed by atoms with Crippen molar-refractivity contribution in [2.24, 2.45) is 5.92 Å². The maximum absolute atomic E-state index is 12.0. The minimum Gasteiger partial charge on any atom is -0.480 e. The van der Waals surface area contributed by atoms with Crippen molar-refractivity contribution in [2.45, 2.75) is 51.1 Å². The number of rotatable bonds is 3. The highest BCUT2D eigenvalue weighted by atomic mass is 16.4. The summed E-state index contributed by atoms with van der Waals surface area (Å²) in [5.74, 6) is -0.321. The monoisotopic (exact) mass is 240 g/mol. The molecular weight excluding hydrogens is 220 g/mol. The molecule has 0 aromatic rings. The fourth-order valence-electron chi connectivity index (χ4n) is 2.60. The molecule has 2 unspecified atom stereocenters. The number of nitrogens with zero attached hydrogens (tertiary/aromatic N) is 1. The van der Waals surface area contributed by atoms with Gasteiger partial charge in [-0.3, -0.25) is 0 Å². The molecule has 2 amide bonds. The lowest BCUT2D eigenvalue weighted by Gasteiger charge is -2.33. The first-order chi connectivity index (χ1) is 8.09. The van der Waals surface area contributed by atoms with Crippen molar-refractivity contribution in [3.8, 4) is 0 Å². The first-order valence-electron chi connectivity index (χ1n) is 6.39. The minimum absolute atomic E-state index is 0.159. The summed E-state index contributed by atoms with van der Waals surface area (Å²) in [5.41, 5.74) is 0. The minimum atomic E-state index is -0.894. The lowest BCUT2D eigenvalue weighted by Crippen LogP contribution is -2.50. The number of aliphatic carboxylic acids is 1. The second-order valence-corrected chi connectivity index (χ2v) is 5.12. The van der Waals surface area contributed by atoms with E-state index in [4.69, 9.17) is 5.11 Å². The van der Waals surface area contributed by atoms with Crippen molar-refractivity contribution in [3.05, 3.63) is 0 Å². The fourth-order valence-corrected chi connectivity index (χ4v) is 2.60. The summed E-state index contributed by atoms with van der Waals surface area (Å²) in [4.78, 5) is 24.4. The van der Waals surface area contributed by atoms with Crippen molar-refractivity contribution in [1.82, 2.24) is 10.2 Å². The third-order valence-electron chi connectivity index (χ3n) is 4.01. The third kappa shape index (κ3) is 2.53. The maximum atomic E-state index is 12.0. The Morgan fingerprint density at radius 3 is 2.53 bits per heavy atom. The molecule has 2 aliphatic rings. The maximum Gasteiger partial charge on any atom is 0.326 e. The van der Waals surface area contributed by atoms with Gasteiger partial charge in [0.25, 0.3) is 0 Å². The van der Waals surface area contributed by atoms with Gasteiger partial charge in [0, 0.05) is 12.6 Å². The summed E-state index contributed by atoms with van der Waals surface area (Å²) in [6.07, 6.45) is 4.93. The first-order valence-corrected chi connectivity index (χ1v) is 6.39. The lowest BCUT2D eigenvalue weighted by atomic mass is 9.80. The van der Waals surface area contributed by atoms with Crippen LogP contribution in [0.2, 0.25) is 0 Å². The number of nitrogens with one attached hydrogen (secondary N) is 1. The van der Waals surface area contributed by atoms with Gasteiger partial charge in [0.15, 0.2) is 0 Å². The molecule has 5 nitrogen and oxygen atoms in total. The zero-order valence-electron chi connectivity index (χ0n) is 10.2. The molecule has 96 valence electrons. The number of hydrogen-bond donors (Lipinski definition) is 2. The summed E-state index contributed by atoms with van der Waals surface area (Å²) >= 11 is 0. The molecule has 2 fully saturated rings. The number of urea groups is 1. The van der Waals surface area contributed by atoms with E-state index in [0.29, 0.717) is 18.9 Å². The third-order valence-corrected chi connectivity index (χ3v) is 4.01. The summed E-state index contributed by atoms with van der Waals surface area (Å²) in [7, 11) is 0. The van der Waals surface area contributed by atoms with Gasteiger partial charge in [-0.15, -0.1) is 0 Å². The van der Waals surface area contributed by atoms with Crippen LogP contribution in [-0.2, 0) is 4.79 Å². The average Bonchev–Trinajstić information content (AvgIpc) is 2.62. The molecule has 2 N–H and O–H groups in total. The van der Waals surface area contributed by atoms with Crippen LogP contribution in [-0.4, -0.2) is 40.6 Å². The molecular formula is C12H20N2O3. The number of amides is 2. The van der Waals surface area contributed by atoms with Gasteiger partial charge in [0.05, 0.1) is 0 Å². The quantitative estimate of drug-likeness (QED) is 0.784. The van der Waals surface area contributed by atoms with E-state index >= 15 is 0 Å². The second-order valence-electron chi connectivity index (χ2n) is 5.12. The van der Waals surface area contributed by atoms with E-state index in [1.54, 1.807) is 0 Å². The fraction of sp³-hybridized carbons (Fsp3) is 0.833. The van der Waals surface area contributed by atoms with Crippen LogP contribution in [0.3, 0.4) is 0 Å².